The summed E-state index contributed by atoms with van der Waals surface area (Å²) in [6.07, 6.45) is 12.7. The molecule has 0 radical (unpaired) electrons. The number of nitrogens with zero attached hydrogens (tertiary/aromatic N) is 2. The highest BCUT2D eigenvalue weighted by atomic mass is 16.6. The number of pyridine rings is 1. The minimum absolute atomic E-state index is 0.160. The van der Waals surface area contributed by atoms with Gasteiger partial charge in [-0.3, -0.25) is 15.1 Å². The van der Waals surface area contributed by atoms with Gasteiger partial charge < -0.3 is 4.74 Å². The van der Waals surface area contributed by atoms with Crippen molar-refractivity contribution < 1.29 is 9.66 Å². The first-order valence-corrected chi connectivity index (χ1v) is 8.40. The van der Waals surface area contributed by atoms with E-state index in [1.54, 1.807) is 24.5 Å². The van der Waals surface area contributed by atoms with E-state index >= 15 is 0 Å². The number of rotatable bonds is 13. The number of aromatic nitrogens is 1. The molecule has 0 aliphatic heterocycles. The monoisotopic (exact) mass is 308 g/mol. The molecule has 1 rings (SSSR count). The van der Waals surface area contributed by atoms with Crippen LogP contribution in [0.4, 0.5) is 0 Å². The van der Waals surface area contributed by atoms with Gasteiger partial charge in [-0.15, -0.1) is 0 Å². The highest BCUT2D eigenvalue weighted by Crippen LogP contribution is 2.14. The molecule has 5 nitrogen and oxygen atoms in total. The second kappa shape index (κ2) is 12.0. The molecule has 0 bridgehead atoms. The standard InChI is InChI=1S/C17H28N2O3/c1-2-3-4-5-6-7-8-9-16(19(20)21)12-15-22-17-10-13-18-14-11-17/h10-11,13-14,16H,2-9,12,15H2,1H3. The summed E-state index contributed by atoms with van der Waals surface area (Å²) in [6.45, 7) is 2.59. The Kier molecular flexibility index (Phi) is 9.99. The summed E-state index contributed by atoms with van der Waals surface area (Å²) in [5.41, 5.74) is 0. The van der Waals surface area contributed by atoms with Gasteiger partial charge in [-0.25, -0.2) is 0 Å². The average Bonchev–Trinajstić information content (AvgIpc) is 2.53. The van der Waals surface area contributed by atoms with E-state index in [-0.39, 0.29) is 4.92 Å². The van der Waals surface area contributed by atoms with E-state index in [2.05, 4.69) is 11.9 Å². The Labute approximate surface area is 133 Å². The van der Waals surface area contributed by atoms with E-state index in [0.29, 0.717) is 25.2 Å². The fraction of sp³-hybridized carbons (Fsp3) is 0.706. The molecule has 5 heteroatoms. The smallest absolute Gasteiger partial charge is 0.216 e. The van der Waals surface area contributed by atoms with Gasteiger partial charge in [0.15, 0.2) is 0 Å². The molecule has 1 aromatic rings. The molecule has 22 heavy (non-hydrogen) atoms. The highest BCUT2D eigenvalue weighted by Gasteiger charge is 2.19. The molecule has 0 saturated heterocycles. The number of ether oxygens (including phenoxy) is 1. The third-order valence-electron chi connectivity index (χ3n) is 3.81. The van der Waals surface area contributed by atoms with E-state index in [1.165, 1.54) is 32.1 Å². The number of nitro groups is 1. The zero-order valence-corrected chi connectivity index (χ0v) is 13.6. The van der Waals surface area contributed by atoms with Gasteiger partial charge in [-0.1, -0.05) is 45.4 Å². The van der Waals surface area contributed by atoms with Crippen LogP contribution in [0.2, 0.25) is 0 Å². The third kappa shape index (κ3) is 8.60. The third-order valence-corrected chi connectivity index (χ3v) is 3.81. The van der Waals surface area contributed by atoms with Gasteiger partial charge in [0.05, 0.1) is 6.61 Å². The maximum Gasteiger partial charge on any atom is 0.216 e. The molecule has 0 saturated carbocycles. The van der Waals surface area contributed by atoms with Crippen LogP contribution in [0, 0.1) is 10.1 Å². The van der Waals surface area contributed by atoms with E-state index in [4.69, 9.17) is 4.74 Å². The maximum absolute atomic E-state index is 11.1. The Morgan fingerprint density at radius 3 is 2.36 bits per heavy atom. The highest BCUT2D eigenvalue weighted by molar-refractivity contribution is 5.16. The Bertz CT molecular complexity index is 398. The summed E-state index contributed by atoms with van der Waals surface area (Å²) in [4.78, 5) is 14.8. The molecular weight excluding hydrogens is 280 g/mol. The summed E-state index contributed by atoms with van der Waals surface area (Å²) in [5.74, 6) is 0.716. The SMILES string of the molecule is CCCCCCCCCC(CCOc1ccncc1)[N+](=O)[O-]. The van der Waals surface area contributed by atoms with E-state index < -0.39 is 6.04 Å². The van der Waals surface area contributed by atoms with Crippen molar-refractivity contribution in [1.29, 1.82) is 0 Å². The molecule has 0 N–H and O–H groups in total. The predicted octanol–water partition coefficient (Wildman–Crippen LogP) is 4.64. The lowest BCUT2D eigenvalue weighted by Gasteiger charge is -2.10. The van der Waals surface area contributed by atoms with Crippen molar-refractivity contribution in [1.82, 2.24) is 4.98 Å². The van der Waals surface area contributed by atoms with Crippen LogP contribution in [0.3, 0.4) is 0 Å². The quantitative estimate of drug-likeness (QED) is 0.302. The lowest BCUT2D eigenvalue weighted by molar-refractivity contribution is -0.524. The molecule has 124 valence electrons. The first-order chi connectivity index (χ1) is 10.7. The van der Waals surface area contributed by atoms with Crippen LogP contribution in [-0.4, -0.2) is 22.6 Å². The molecule has 1 unspecified atom stereocenters. The fourth-order valence-electron chi connectivity index (χ4n) is 2.44. The number of unbranched alkanes of at least 4 members (excludes halogenated alkanes) is 6. The Morgan fingerprint density at radius 2 is 1.73 bits per heavy atom. The maximum atomic E-state index is 11.1. The van der Waals surface area contributed by atoms with Crippen molar-refractivity contribution in [2.45, 2.75) is 70.8 Å². The zero-order chi connectivity index (χ0) is 16.0. The van der Waals surface area contributed by atoms with Gasteiger partial charge in [-0.2, -0.15) is 0 Å². The van der Waals surface area contributed by atoms with Crippen LogP contribution >= 0.6 is 0 Å². The summed E-state index contributed by atoms with van der Waals surface area (Å²) in [7, 11) is 0. The van der Waals surface area contributed by atoms with Crippen LogP contribution in [0.1, 0.15) is 64.7 Å². The molecule has 1 aromatic heterocycles. The van der Waals surface area contributed by atoms with E-state index in [1.807, 2.05) is 0 Å². The molecule has 0 spiro atoms. The van der Waals surface area contributed by atoms with Crippen LogP contribution in [0.15, 0.2) is 24.5 Å². The lowest BCUT2D eigenvalue weighted by Crippen LogP contribution is -2.22. The topological polar surface area (TPSA) is 65.3 Å². The van der Waals surface area contributed by atoms with Crippen LogP contribution in [-0.2, 0) is 0 Å². The molecule has 0 fully saturated rings. The van der Waals surface area contributed by atoms with Gasteiger partial charge in [0, 0.05) is 30.2 Å². The van der Waals surface area contributed by atoms with Crippen molar-refractivity contribution in [2.75, 3.05) is 6.61 Å². The van der Waals surface area contributed by atoms with Crippen LogP contribution < -0.4 is 4.74 Å². The van der Waals surface area contributed by atoms with Crippen molar-refractivity contribution >= 4 is 0 Å². The van der Waals surface area contributed by atoms with E-state index in [0.717, 1.165) is 12.8 Å². The predicted molar refractivity (Wildman–Crippen MR) is 87.7 cm³/mol. The molecule has 0 aliphatic carbocycles. The molecule has 1 atom stereocenters. The zero-order valence-electron chi connectivity index (χ0n) is 13.6. The van der Waals surface area contributed by atoms with Gasteiger partial charge >= 0.3 is 0 Å². The summed E-state index contributed by atoms with van der Waals surface area (Å²) < 4.78 is 5.51. The van der Waals surface area contributed by atoms with Gasteiger partial charge in [0.2, 0.25) is 6.04 Å². The lowest BCUT2D eigenvalue weighted by atomic mass is 10.0. The number of hydrogen-bond acceptors (Lipinski definition) is 4. The Morgan fingerprint density at radius 1 is 1.09 bits per heavy atom. The molecule has 0 aromatic carbocycles. The Balaban J connectivity index is 2.12. The summed E-state index contributed by atoms with van der Waals surface area (Å²) in [5, 5.41) is 11.1. The Hall–Kier alpha value is -1.65. The number of hydrogen-bond donors (Lipinski definition) is 0. The molecular formula is C17H28N2O3. The van der Waals surface area contributed by atoms with Gasteiger partial charge in [0.25, 0.3) is 0 Å². The van der Waals surface area contributed by atoms with Crippen molar-refractivity contribution in [2.24, 2.45) is 0 Å². The summed E-state index contributed by atoms with van der Waals surface area (Å²) >= 11 is 0. The molecule has 0 amide bonds. The first-order valence-electron chi connectivity index (χ1n) is 8.40. The fourth-order valence-corrected chi connectivity index (χ4v) is 2.44. The van der Waals surface area contributed by atoms with Gasteiger partial charge in [-0.05, 0) is 18.6 Å². The molecule has 1 heterocycles. The minimum Gasteiger partial charge on any atom is -0.493 e. The first kappa shape index (κ1) is 18.4. The van der Waals surface area contributed by atoms with Crippen molar-refractivity contribution in [3.8, 4) is 5.75 Å². The largest absolute Gasteiger partial charge is 0.493 e. The van der Waals surface area contributed by atoms with Crippen molar-refractivity contribution in [3.63, 3.8) is 0 Å². The average molecular weight is 308 g/mol. The van der Waals surface area contributed by atoms with Crippen molar-refractivity contribution in [3.05, 3.63) is 34.6 Å². The minimum atomic E-state index is -0.488. The van der Waals surface area contributed by atoms with E-state index in [9.17, 15) is 10.1 Å². The normalized spacial score (nSPS) is 12.0. The second-order valence-corrected chi connectivity index (χ2v) is 5.67. The van der Waals surface area contributed by atoms with Crippen LogP contribution in [0.25, 0.3) is 0 Å². The van der Waals surface area contributed by atoms with Crippen LogP contribution in [0.5, 0.6) is 5.75 Å². The van der Waals surface area contributed by atoms with Gasteiger partial charge in [0.1, 0.15) is 5.75 Å². The molecule has 0 aliphatic rings. The summed E-state index contributed by atoms with van der Waals surface area (Å²) in [6, 6.07) is 3.03. The second-order valence-electron chi connectivity index (χ2n) is 5.67.